The van der Waals surface area contributed by atoms with E-state index in [1.807, 2.05) is 0 Å². The second kappa shape index (κ2) is 6.53. The van der Waals surface area contributed by atoms with Crippen LogP contribution in [0.25, 0.3) is 0 Å². The number of hydrogen-bond acceptors (Lipinski definition) is 3. The van der Waals surface area contributed by atoms with Gasteiger partial charge in [-0.3, -0.25) is 4.72 Å². The van der Waals surface area contributed by atoms with E-state index in [1.165, 1.54) is 0 Å². The summed E-state index contributed by atoms with van der Waals surface area (Å²) in [6.07, 6.45) is 0. The van der Waals surface area contributed by atoms with Gasteiger partial charge in [-0.05, 0) is 30.3 Å². The Hall–Kier alpha value is -1.47. The molecule has 0 saturated carbocycles. The quantitative estimate of drug-likeness (QED) is 0.777. The molecule has 0 fully saturated rings. The van der Waals surface area contributed by atoms with E-state index in [-0.39, 0.29) is 0 Å². The summed E-state index contributed by atoms with van der Waals surface area (Å²) in [6, 6.07) is 12.0. The zero-order valence-electron chi connectivity index (χ0n) is 10.8. The first-order valence-electron chi connectivity index (χ1n) is 5.92. The molecule has 2 rings (SSSR count). The molecule has 112 valence electrons. The van der Waals surface area contributed by atoms with Crippen LogP contribution in [0.3, 0.4) is 0 Å². The smallest absolute Gasteiger partial charge is 0.296 e. The van der Waals surface area contributed by atoms with Crippen LogP contribution in [0.4, 0.5) is 11.4 Å². The molecule has 0 aliphatic carbocycles. The number of nitrogens with two attached hydrogens (primary N) is 1. The van der Waals surface area contributed by atoms with Crippen LogP contribution in [0.2, 0.25) is 10.0 Å². The SMILES string of the molecule is NS(=O)(=O)Nc1cccc(NCc2c(Cl)cccc2Cl)c1. The average Bonchev–Trinajstić information content (AvgIpc) is 2.36. The summed E-state index contributed by atoms with van der Waals surface area (Å²) in [6.45, 7) is 0.414. The Bertz CT molecular complexity index is 731. The molecule has 5 nitrogen and oxygen atoms in total. The van der Waals surface area contributed by atoms with Crippen LogP contribution in [0.5, 0.6) is 0 Å². The standard InChI is InChI=1S/C13H13Cl2N3O2S/c14-12-5-2-6-13(15)11(12)8-17-9-3-1-4-10(7-9)18-21(16,19)20/h1-7,17-18H,8H2,(H2,16,19,20). The predicted octanol–water partition coefficient (Wildman–Crippen LogP) is 3.22. The number of nitrogens with one attached hydrogen (secondary N) is 2. The molecule has 2 aromatic rings. The molecule has 0 bridgehead atoms. The van der Waals surface area contributed by atoms with Crippen LogP contribution in [0.15, 0.2) is 42.5 Å². The Morgan fingerprint density at radius 1 is 1.00 bits per heavy atom. The predicted molar refractivity (Wildman–Crippen MR) is 87.0 cm³/mol. The minimum absolute atomic E-state index is 0.368. The van der Waals surface area contributed by atoms with E-state index < -0.39 is 10.2 Å². The van der Waals surface area contributed by atoms with Crippen molar-refractivity contribution < 1.29 is 8.42 Å². The average molecular weight is 346 g/mol. The van der Waals surface area contributed by atoms with Gasteiger partial charge >= 0.3 is 0 Å². The number of halogens is 2. The maximum Gasteiger partial charge on any atom is 0.296 e. The highest BCUT2D eigenvalue weighted by molar-refractivity contribution is 7.90. The van der Waals surface area contributed by atoms with E-state index in [9.17, 15) is 8.42 Å². The molecule has 0 unspecified atom stereocenters. The maximum absolute atomic E-state index is 11.0. The molecule has 0 aliphatic rings. The third-order valence-corrected chi connectivity index (χ3v) is 3.88. The minimum atomic E-state index is -3.79. The first kappa shape index (κ1) is 15.9. The van der Waals surface area contributed by atoms with E-state index >= 15 is 0 Å². The molecule has 4 N–H and O–H groups in total. The summed E-state index contributed by atoms with van der Waals surface area (Å²) in [7, 11) is -3.79. The first-order valence-corrected chi connectivity index (χ1v) is 8.23. The van der Waals surface area contributed by atoms with Gasteiger partial charge in [-0.25, -0.2) is 5.14 Å². The van der Waals surface area contributed by atoms with E-state index in [1.54, 1.807) is 42.5 Å². The van der Waals surface area contributed by atoms with Crippen LogP contribution in [0.1, 0.15) is 5.56 Å². The van der Waals surface area contributed by atoms with Gasteiger partial charge in [0.15, 0.2) is 0 Å². The Balaban J connectivity index is 2.12. The van der Waals surface area contributed by atoms with E-state index in [4.69, 9.17) is 28.3 Å². The van der Waals surface area contributed by atoms with Gasteiger partial charge in [0.1, 0.15) is 0 Å². The first-order chi connectivity index (χ1) is 9.85. The molecule has 21 heavy (non-hydrogen) atoms. The summed E-state index contributed by atoms with van der Waals surface area (Å²) in [4.78, 5) is 0. The van der Waals surface area contributed by atoms with Crippen molar-refractivity contribution in [3.05, 3.63) is 58.1 Å². The second-order valence-corrected chi connectivity index (χ2v) is 6.39. The van der Waals surface area contributed by atoms with E-state index in [0.717, 1.165) is 5.56 Å². The number of benzene rings is 2. The van der Waals surface area contributed by atoms with Gasteiger partial charge in [-0.15, -0.1) is 0 Å². The van der Waals surface area contributed by atoms with Gasteiger partial charge in [0.05, 0.1) is 5.69 Å². The van der Waals surface area contributed by atoms with Crippen molar-refractivity contribution in [3.63, 3.8) is 0 Å². The van der Waals surface area contributed by atoms with Gasteiger partial charge in [-0.2, -0.15) is 8.42 Å². The van der Waals surface area contributed by atoms with Gasteiger partial charge in [0.25, 0.3) is 10.2 Å². The molecule has 8 heteroatoms. The summed E-state index contributed by atoms with van der Waals surface area (Å²) in [5, 5.41) is 9.18. The molecule has 0 atom stereocenters. The van der Waals surface area contributed by atoms with Crippen LogP contribution < -0.4 is 15.2 Å². The van der Waals surface area contributed by atoms with Crippen molar-refractivity contribution >= 4 is 44.8 Å². The largest absolute Gasteiger partial charge is 0.381 e. The highest BCUT2D eigenvalue weighted by Crippen LogP contribution is 2.25. The number of rotatable bonds is 5. The molecule has 0 aliphatic heterocycles. The van der Waals surface area contributed by atoms with Crippen molar-refractivity contribution in [1.82, 2.24) is 0 Å². The summed E-state index contributed by atoms with van der Waals surface area (Å²) in [5.74, 6) is 0. The number of hydrogen-bond donors (Lipinski definition) is 3. The molecule has 0 amide bonds. The van der Waals surface area contributed by atoms with E-state index in [2.05, 4.69) is 10.0 Å². The van der Waals surface area contributed by atoms with Crippen molar-refractivity contribution in [2.24, 2.45) is 5.14 Å². The van der Waals surface area contributed by atoms with Crippen LogP contribution >= 0.6 is 23.2 Å². The van der Waals surface area contributed by atoms with E-state index in [0.29, 0.717) is 28.0 Å². The zero-order valence-corrected chi connectivity index (χ0v) is 13.1. The van der Waals surface area contributed by atoms with Crippen molar-refractivity contribution in [1.29, 1.82) is 0 Å². The Morgan fingerprint density at radius 2 is 1.57 bits per heavy atom. The third kappa shape index (κ3) is 4.78. The van der Waals surface area contributed by atoms with Crippen molar-refractivity contribution in [2.75, 3.05) is 10.0 Å². The lowest BCUT2D eigenvalue weighted by molar-refractivity contribution is 0.603. The highest BCUT2D eigenvalue weighted by Gasteiger charge is 2.06. The maximum atomic E-state index is 11.0. The van der Waals surface area contributed by atoms with Crippen molar-refractivity contribution in [3.8, 4) is 0 Å². The summed E-state index contributed by atoms with van der Waals surface area (Å²) >= 11 is 12.2. The Morgan fingerprint density at radius 3 is 2.19 bits per heavy atom. The molecule has 0 saturated heterocycles. The Kier molecular flexibility index (Phi) is 4.95. The Labute approximate surface area is 133 Å². The normalized spacial score (nSPS) is 11.2. The zero-order chi connectivity index (χ0) is 15.5. The second-order valence-electron chi connectivity index (χ2n) is 4.28. The van der Waals surface area contributed by atoms with Gasteiger partial charge in [0, 0.05) is 27.8 Å². The van der Waals surface area contributed by atoms with Crippen LogP contribution in [-0.2, 0) is 16.8 Å². The molecular weight excluding hydrogens is 333 g/mol. The summed E-state index contributed by atoms with van der Waals surface area (Å²) < 4.78 is 24.2. The van der Waals surface area contributed by atoms with Crippen LogP contribution in [0, 0.1) is 0 Å². The topological polar surface area (TPSA) is 84.2 Å². The summed E-state index contributed by atoms with van der Waals surface area (Å²) in [5.41, 5.74) is 1.85. The molecule has 0 radical (unpaired) electrons. The lowest BCUT2D eigenvalue weighted by atomic mass is 10.2. The monoisotopic (exact) mass is 345 g/mol. The molecule has 0 spiro atoms. The molecule has 0 aromatic heterocycles. The fourth-order valence-corrected chi connectivity index (χ4v) is 2.74. The van der Waals surface area contributed by atoms with Crippen molar-refractivity contribution in [2.45, 2.75) is 6.54 Å². The minimum Gasteiger partial charge on any atom is -0.381 e. The van der Waals surface area contributed by atoms with Crippen LogP contribution in [-0.4, -0.2) is 8.42 Å². The molecular formula is C13H13Cl2N3O2S. The fraction of sp³-hybridized carbons (Fsp3) is 0.0769. The van der Waals surface area contributed by atoms with Gasteiger partial charge < -0.3 is 5.32 Å². The number of anilines is 2. The fourth-order valence-electron chi connectivity index (χ4n) is 1.75. The molecule has 2 aromatic carbocycles. The van der Waals surface area contributed by atoms with Gasteiger partial charge in [0.2, 0.25) is 0 Å². The molecule has 0 heterocycles. The van der Waals surface area contributed by atoms with Gasteiger partial charge in [-0.1, -0.05) is 35.3 Å². The lowest BCUT2D eigenvalue weighted by Gasteiger charge is -2.11. The highest BCUT2D eigenvalue weighted by atomic mass is 35.5. The third-order valence-electron chi connectivity index (χ3n) is 2.65. The lowest BCUT2D eigenvalue weighted by Crippen LogP contribution is -2.21.